The van der Waals surface area contributed by atoms with E-state index in [4.69, 9.17) is 0 Å². The van der Waals surface area contributed by atoms with E-state index >= 15 is 0 Å². The van der Waals surface area contributed by atoms with E-state index in [-0.39, 0.29) is 17.3 Å². The highest BCUT2D eigenvalue weighted by Crippen LogP contribution is 2.25. The van der Waals surface area contributed by atoms with Gasteiger partial charge in [0.1, 0.15) is 17.7 Å². The van der Waals surface area contributed by atoms with Crippen LogP contribution in [0.3, 0.4) is 0 Å². The molecule has 12 nitrogen and oxygen atoms in total. The minimum Gasteiger partial charge on any atom is -0.351 e. The monoisotopic (exact) mass is 379 g/mol. The summed E-state index contributed by atoms with van der Waals surface area (Å²) < 4.78 is 3.05. The van der Waals surface area contributed by atoms with Crippen molar-refractivity contribution in [3.8, 4) is 5.95 Å². The normalized spacial score (nSPS) is 17.8. The number of amides is 3. The number of fused-ring (bicyclic) bond motifs is 1. The Balaban J connectivity index is 1.65. The summed E-state index contributed by atoms with van der Waals surface area (Å²) >= 11 is 0. The van der Waals surface area contributed by atoms with Gasteiger partial charge in [0, 0.05) is 17.8 Å². The maximum Gasteiger partial charge on any atom is 0.326 e. The summed E-state index contributed by atoms with van der Waals surface area (Å²) in [6.45, 7) is 0. The molecule has 2 fully saturated rings. The topological polar surface area (TPSA) is 148 Å². The molecule has 0 atom stereocenters. The van der Waals surface area contributed by atoms with Crippen molar-refractivity contribution < 1.29 is 14.4 Å². The van der Waals surface area contributed by atoms with Crippen LogP contribution < -0.4 is 16.0 Å². The molecule has 0 unspecified atom stereocenters. The van der Waals surface area contributed by atoms with Crippen molar-refractivity contribution in [2.75, 3.05) is 5.32 Å². The summed E-state index contributed by atoms with van der Waals surface area (Å²) in [5, 5.41) is 12.2. The van der Waals surface area contributed by atoms with Crippen molar-refractivity contribution in [2.45, 2.75) is 18.9 Å². The van der Waals surface area contributed by atoms with Gasteiger partial charge in [-0.2, -0.15) is 19.6 Å². The first-order chi connectivity index (χ1) is 13.6. The number of imide groups is 1. The van der Waals surface area contributed by atoms with Gasteiger partial charge in [0.15, 0.2) is 11.9 Å². The van der Waals surface area contributed by atoms with Gasteiger partial charge in [-0.05, 0) is 18.9 Å². The Morgan fingerprint density at radius 3 is 2.75 bits per heavy atom. The molecule has 0 bridgehead atoms. The van der Waals surface area contributed by atoms with E-state index < -0.39 is 11.9 Å². The molecule has 3 aromatic rings. The number of nitrogens with one attached hydrogen (secondary N) is 3. The molecule has 1 aliphatic carbocycles. The molecule has 3 aromatic heterocycles. The second-order valence-corrected chi connectivity index (χ2v) is 6.39. The van der Waals surface area contributed by atoms with Gasteiger partial charge >= 0.3 is 6.03 Å². The summed E-state index contributed by atoms with van der Waals surface area (Å²) in [6.07, 6.45) is 8.67. The molecule has 1 saturated carbocycles. The number of nitrogens with zero attached hydrogens (tertiary/aromatic N) is 6. The van der Waals surface area contributed by atoms with Crippen LogP contribution in [-0.2, 0) is 4.79 Å². The highest BCUT2D eigenvalue weighted by atomic mass is 16.2. The SMILES string of the molecule is O=Cc1cn(-c2nc(NC3CC3)n3ncc(/C=C4\NC(=O)NC4=O)c3n2)cn1. The summed E-state index contributed by atoms with van der Waals surface area (Å²) in [6, 6.07) is -0.274. The van der Waals surface area contributed by atoms with Crippen LogP contribution in [0, 0.1) is 0 Å². The van der Waals surface area contributed by atoms with Crippen molar-refractivity contribution in [2.24, 2.45) is 0 Å². The number of aromatic nitrogens is 6. The predicted octanol–water partition coefficient (Wildman–Crippen LogP) is -0.123. The first kappa shape index (κ1) is 16.1. The average molecular weight is 379 g/mol. The molecule has 140 valence electrons. The summed E-state index contributed by atoms with van der Waals surface area (Å²) in [5.41, 5.74) is 1.30. The number of imidazole rings is 1. The fraction of sp³-hybridized carbons (Fsp3) is 0.188. The zero-order valence-corrected chi connectivity index (χ0v) is 14.3. The molecule has 12 heteroatoms. The lowest BCUT2D eigenvalue weighted by atomic mass is 10.2. The zero-order chi connectivity index (χ0) is 19.3. The molecule has 0 radical (unpaired) electrons. The minimum atomic E-state index is -0.584. The lowest BCUT2D eigenvalue weighted by Gasteiger charge is -2.08. The molecule has 3 amide bonds. The van der Waals surface area contributed by atoms with Crippen LogP contribution in [0.25, 0.3) is 17.7 Å². The molecule has 1 saturated heterocycles. The highest BCUT2D eigenvalue weighted by Gasteiger charge is 2.26. The number of anilines is 1. The number of hydrogen-bond donors (Lipinski definition) is 3. The second kappa shape index (κ2) is 5.97. The Morgan fingerprint density at radius 2 is 2.07 bits per heavy atom. The minimum absolute atomic E-state index is 0.0997. The standard InChI is InChI=1S/C16H13N9O3/c26-6-10-5-24(7-17-10)14-21-12-8(3-11-13(27)22-16(28)20-11)4-18-25(12)15(23-14)19-9-1-2-9/h3-7,9H,1-2H2,(H,19,21,23)(H2,20,22,27,28)/b11-3-. The number of carbonyl (C=O) groups is 3. The molecule has 4 heterocycles. The number of hydrogen-bond acceptors (Lipinski definition) is 8. The maximum absolute atomic E-state index is 11.8. The molecule has 3 N–H and O–H groups in total. The van der Waals surface area contributed by atoms with Crippen molar-refractivity contribution >= 4 is 35.9 Å². The van der Waals surface area contributed by atoms with Crippen molar-refractivity contribution in [3.05, 3.63) is 35.7 Å². The van der Waals surface area contributed by atoms with Crippen molar-refractivity contribution in [1.82, 2.24) is 39.8 Å². The molecule has 0 aromatic carbocycles. The van der Waals surface area contributed by atoms with E-state index in [9.17, 15) is 14.4 Å². The van der Waals surface area contributed by atoms with Crippen LogP contribution in [0.5, 0.6) is 0 Å². The smallest absolute Gasteiger partial charge is 0.326 e. The van der Waals surface area contributed by atoms with E-state index in [1.807, 2.05) is 0 Å². The second-order valence-electron chi connectivity index (χ2n) is 6.39. The fourth-order valence-corrected chi connectivity index (χ4v) is 2.75. The third-order valence-corrected chi connectivity index (χ3v) is 4.27. The van der Waals surface area contributed by atoms with E-state index in [0.29, 0.717) is 29.5 Å². The van der Waals surface area contributed by atoms with Crippen molar-refractivity contribution in [3.63, 3.8) is 0 Å². The lowest BCUT2D eigenvalue weighted by Crippen LogP contribution is -2.22. The molecule has 2 aliphatic rings. The largest absolute Gasteiger partial charge is 0.351 e. The Labute approximate surface area is 156 Å². The number of urea groups is 1. The number of rotatable bonds is 5. The van der Waals surface area contributed by atoms with Crippen LogP contribution in [0.2, 0.25) is 0 Å². The predicted molar refractivity (Wildman–Crippen MR) is 94.6 cm³/mol. The zero-order valence-electron chi connectivity index (χ0n) is 14.3. The molecular weight excluding hydrogens is 366 g/mol. The molecule has 1 aliphatic heterocycles. The van der Waals surface area contributed by atoms with Crippen LogP contribution in [-0.4, -0.2) is 53.4 Å². The Hall–Kier alpha value is -4.09. The Kier molecular flexibility index (Phi) is 3.44. The molecule has 28 heavy (non-hydrogen) atoms. The van der Waals surface area contributed by atoms with Gasteiger partial charge in [-0.15, -0.1) is 0 Å². The first-order valence-corrected chi connectivity index (χ1v) is 8.46. The summed E-state index contributed by atoms with van der Waals surface area (Å²) in [5.74, 6) is 0.241. The molecule has 0 spiro atoms. The van der Waals surface area contributed by atoms with Gasteiger partial charge in [-0.25, -0.2) is 9.78 Å². The number of carbonyl (C=O) groups excluding carboxylic acids is 3. The van der Waals surface area contributed by atoms with E-state index in [1.165, 1.54) is 33.9 Å². The third kappa shape index (κ3) is 2.76. The van der Waals surface area contributed by atoms with Gasteiger partial charge in [-0.3, -0.25) is 19.5 Å². The fourth-order valence-electron chi connectivity index (χ4n) is 2.75. The van der Waals surface area contributed by atoms with Gasteiger partial charge < -0.3 is 10.6 Å². The Bertz CT molecular complexity index is 1170. The van der Waals surface area contributed by atoms with Crippen LogP contribution in [0.15, 0.2) is 24.4 Å². The average Bonchev–Trinajstić information content (AvgIpc) is 3.08. The van der Waals surface area contributed by atoms with E-state index in [2.05, 4.69) is 36.0 Å². The van der Waals surface area contributed by atoms with Crippen LogP contribution in [0.4, 0.5) is 10.7 Å². The molecular formula is C16H13N9O3. The van der Waals surface area contributed by atoms with E-state index in [0.717, 1.165) is 12.8 Å². The maximum atomic E-state index is 11.8. The quantitative estimate of drug-likeness (QED) is 0.316. The first-order valence-electron chi connectivity index (χ1n) is 8.46. The summed E-state index contributed by atoms with van der Waals surface area (Å²) in [4.78, 5) is 47.0. The molecule has 5 rings (SSSR count). The Morgan fingerprint density at radius 1 is 1.21 bits per heavy atom. The van der Waals surface area contributed by atoms with Gasteiger partial charge in [0.2, 0.25) is 11.9 Å². The van der Waals surface area contributed by atoms with E-state index in [1.54, 1.807) is 0 Å². The van der Waals surface area contributed by atoms with Crippen molar-refractivity contribution in [1.29, 1.82) is 0 Å². The van der Waals surface area contributed by atoms with Gasteiger partial charge in [0.05, 0.1) is 6.20 Å². The third-order valence-electron chi connectivity index (χ3n) is 4.27. The van der Waals surface area contributed by atoms with Crippen LogP contribution in [0.1, 0.15) is 28.9 Å². The van der Waals surface area contributed by atoms with Gasteiger partial charge in [-0.1, -0.05) is 0 Å². The lowest BCUT2D eigenvalue weighted by molar-refractivity contribution is -0.115. The van der Waals surface area contributed by atoms with Gasteiger partial charge in [0.25, 0.3) is 5.91 Å². The van der Waals surface area contributed by atoms with Crippen LogP contribution >= 0.6 is 0 Å². The summed E-state index contributed by atoms with van der Waals surface area (Å²) in [7, 11) is 0. The highest BCUT2D eigenvalue weighted by molar-refractivity contribution is 6.14. The number of aldehydes is 1.